The summed E-state index contributed by atoms with van der Waals surface area (Å²) in [4.78, 5) is 22.7. The summed E-state index contributed by atoms with van der Waals surface area (Å²) in [5, 5.41) is 20.5. The summed E-state index contributed by atoms with van der Waals surface area (Å²) in [5.41, 5.74) is 0.639. The first-order valence-corrected chi connectivity index (χ1v) is 6.30. The second-order valence-electron chi connectivity index (χ2n) is 4.49. The van der Waals surface area contributed by atoms with Crippen molar-refractivity contribution in [2.24, 2.45) is 0 Å². The lowest BCUT2D eigenvalue weighted by Crippen LogP contribution is -2.48. The van der Waals surface area contributed by atoms with Gasteiger partial charge < -0.3 is 25.0 Å². The number of carboxylic acid groups (broad SMARTS) is 1. The third kappa shape index (κ3) is 4.64. The number of hydrogen-bond acceptors (Lipinski definition) is 5. The van der Waals surface area contributed by atoms with Crippen molar-refractivity contribution in [1.82, 2.24) is 5.32 Å². The number of aliphatic hydroxyl groups excluding tert-OH is 1. The van der Waals surface area contributed by atoms with Crippen LogP contribution in [0.2, 0.25) is 0 Å². The minimum Gasteiger partial charge on any atom is -0.493 e. The van der Waals surface area contributed by atoms with Crippen molar-refractivity contribution >= 4 is 11.9 Å². The third-order valence-corrected chi connectivity index (χ3v) is 2.88. The highest BCUT2D eigenvalue weighted by atomic mass is 16.5. The van der Waals surface area contributed by atoms with Crippen molar-refractivity contribution in [3.63, 3.8) is 0 Å². The van der Waals surface area contributed by atoms with E-state index in [4.69, 9.17) is 14.6 Å². The maximum absolute atomic E-state index is 11.8. The molecule has 0 saturated carbocycles. The van der Waals surface area contributed by atoms with Crippen molar-refractivity contribution in [2.75, 3.05) is 14.2 Å². The van der Waals surface area contributed by atoms with E-state index in [9.17, 15) is 14.7 Å². The smallest absolute Gasteiger partial charge is 0.328 e. The van der Waals surface area contributed by atoms with Crippen molar-refractivity contribution in [3.05, 3.63) is 23.8 Å². The van der Waals surface area contributed by atoms with Crippen LogP contribution in [0.3, 0.4) is 0 Å². The topological polar surface area (TPSA) is 105 Å². The molecule has 0 aliphatic rings. The molecule has 1 rings (SSSR count). The van der Waals surface area contributed by atoms with Gasteiger partial charge in [-0.15, -0.1) is 0 Å². The second-order valence-corrected chi connectivity index (χ2v) is 4.49. The molecule has 2 atom stereocenters. The van der Waals surface area contributed by atoms with Gasteiger partial charge in [-0.1, -0.05) is 6.07 Å². The maximum atomic E-state index is 11.8. The van der Waals surface area contributed by atoms with Gasteiger partial charge in [0.1, 0.15) is 0 Å². The Labute approximate surface area is 122 Å². The van der Waals surface area contributed by atoms with E-state index in [1.807, 2.05) is 0 Å². The number of rotatable bonds is 7. The molecule has 3 N–H and O–H groups in total. The van der Waals surface area contributed by atoms with Gasteiger partial charge in [0.2, 0.25) is 5.91 Å². The number of methoxy groups -OCH3 is 2. The van der Waals surface area contributed by atoms with Gasteiger partial charge in [-0.25, -0.2) is 4.79 Å². The highest BCUT2D eigenvalue weighted by molar-refractivity contribution is 5.85. The van der Waals surface area contributed by atoms with Crippen LogP contribution in [0.5, 0.6) is 11.5 Å². The molecular weight excluding hydrogens is 278 g/mol. The van der Waals surface area contributed by atoms with E-state index >= 15 is 0 Å². The molecule has 21 heavy (non-hydrogen) atoms. The molecule has 0 heterocycles. The van der Waals surface area contributed by atoms with Crippen molar-refractivity contribution in [3.8, 4) is 11.5 Å². The fraction of sp³-hybridized carbons (Fsp3) is 0.429. The average molecular weight is 297 g/mol. The van der Waals surface area contributed by atoms with Crippen LogP contribution in [-0.4, -0.2) is 48.5 Å². The Hall–Kier alpha value is -2.28. The van der Waals surface area contributed by atoms with E-state index in [2.05, 4.69) is 5.32 Å². The van der Waals surface area contributed by atoms with Crippen LogP contribution in [0.1, 0.15) is 12.5 Å². The molecule has 116 valence electrons. The van der Waals surface area contributed by atoms with Gasteiger partial charge in [0, 0.05) is 0 Å². The number of carbonyl (C=O) groups is 2. The molecule has 0 saturated heterocycles. The standard InChI is InChI=1S/C14H19NO6/c1-8(16)13(14(18)19)15-12(17)7-9-4-5-10(20-2)11(6-9)21-3/h4-6,8,13,16H,7H2,1-3H3,(H,15,17)(H,18,19)/t8-,13+/m1/s1. The summed E-state index contributed by atoms with van der Waals surface area (Å²) in [6.07, 6.45) is -1.21. The van der Waals surface area contributed by atoms with Crippen molar-refractivity contribution in [2.45, 2.75) is 25.5 Å². The Kier molecular flexibility index (Phi) is 5.98. The minimum atomic E-state index is -1.34. The monoisotopic (exact) mass is 297 g/mol. The van der Waals surface area contributed by atoms with Crippen LogP contribution in [0.4, 0.5) is 0 Å². The molecule has 0 fully saturated rings. The molecule has 0 aromatic heterocycles. The molecule has 0 unspecified atom stereocenters. The predicted molar refractivity (Wildman–Crippen MR) is 74.5 cm³/mol. The number of carbonyl (C=O) groups excluding carboxylic acids is 1. The number of aliphatic carboxylic acids is 1. The molecule has 7 heteroatoms. The van der Waals surface area contributed by atoms with E-state index in [-0.39, 0.29) is 6.42 Å². The second kappa shape index (κ2) is 7.49. The maximum Gasteiger partial charge on any atom is 0.328 e. The number of carboxylic acids is 1. The lowest BCUT2D eigenvalue weighted by atomic mass is 10.1. The predicted octanol–water partition coefficient (Wildman–Crippen LogP) is 0.197. The zero-order valence-corrected chi connectivity index (χ0v) is 12.1. The summed E-state index contributed by atoms with van der Waals surface area (Å²) < 4.78 is 10.2. The molecule has 0 bridgehead atoms. The number of hydrogen-bond donors (Lipinski definition) is 3. The number of ether oxygens (including phenoxy) is 2. The van der Waals surface area contributed by atoms with Gasteiger partial charge >= 0.3 is 5.97 Å². The summed E-state index contributed by atoms with van der Waals surface area (Å²) >= 11 is 0. The molecule has 0 spiro atoms. The number of aliphatic hydroxyl groups is 1. The van der Waals surface area contributed by atoms with Crippen LogP contribution in [0.15, 0.2) is 18.2 Å². The van der Waals surface area contributed by atoms with E-state index in [0.717, 1.165) is 0 Å². The SMILES string of the molecule is COc1ccc(CC(=O)N[C@H](C(=O)O)[C@@H](C)O)cc1OC. The van der Waals surface area contributed by atoms with Crippen LogP contribution in [0.25, 0.3) is 0 Å². The zero-order valence-electron chi connectivity index (χ0n) is 12.1. The summed E-state index contributed by atoms with van der Waals surface area (Å²) in [5.74, 6) is -0.775. The van der Waals surface area contributed by atoms with Crippen LogP contribution in [-0.2, 0) is 16.0 Å². The van der Waals surface area contributed by atoms with Crippen LogP contribution >= 0.6 is 0 Å². The first-order valence-electron chi connectivity index (χ1n) is 6.30. The molecular formula is C14H19NO6. The number of nitrogens with one attached hydrogen (secondary N) is 1. The zero-order chi connectivity index (χ0) is 16.0. The normalized spacial score (nSPS) is 13.1. The van der Waals surface area contributed by atoms with Gasteiger partial charge in [-0.3, -0.25) is 4.79 Å². The number of benzene rings is 1. The average Bonchev–Trinajstić information content (AvgIpc) is 2.43. The van der Waals surface area contributed by atoms with E-state index in [0.29, 0.717) is 17.1 Å². The van der Waals surface area contributed by atoms with Gasteiger partial charge in [-0.05, 0) is 24.6 Å². The Morgan fingerprint density at radius 1 is 1.24 bits per heavy atom. The molecule has 1 aromatic rings. The van der Waals surface area contributed by atoms with Gasteiger partial charge in [-0.2, -0.15) is 0 Å². The summed E-state index contributed by atoms with van der Waals surface area (Å²) in [7, 11) is 2.99. The fourth-order valence-electron chi connectivity index (χ4n) is 1.79. The lowest BCUT2D eigenvalue weighted by molar-refractivity contribution is -0.144. The van der Waals surface area contributed by atoms with Crippen molar-refractivity contribution in [1.29, 1.82) is 0 Å². The van der Waals surface area contributed by atoms with E-state index in [1.54, 1.807) is 18.2 Å². The Bertz CT molecular complexity index is 514. The number of amides is 1. The molecule has 0 aliphatic heterocycles. The van der Waals surface area contributed by atoms with E-state index < -0.39 is 24.0 Å². The van der Waals surface area contributed by atoms with E-state index in [1.165, 1.54) is 21.1 Å². The third-order valence-electron chi connectivity index (χ3n) is 2.88. The molecule has 1 aromatic carbocycles. The Balaban J connectivity index is 2.77. The fourth-order valence-corrected chi connectivity index (χ4v) is 1.79. The molecule has 7 nitrogen and oxygen atoms in total. The van der Waals surface area contributed by atoms with Gasteiger partial charge in [0.25, 0.3) is 0 Å². The minimum absolute atomic E-state index is 0.0309. The largest absolute Gasteiger partial charge is 0.493 e. The molecule has 0 aliphatic carbocycles. The first-order chi connectivity index (χ1) is 9.88. The van der Waals surface area contributed by atoms with Crippen LogP contribution in [0, 0.1) is 0 Å². The van der Waals surface area contributed by atoms with Crippen LogP contribution < -0.4 is 14.8 Å². The van der Waals surface area contributed by atoms with Gasteiger partial charge in [0.05, 0.1) is 26.7 Å². The quantitative estimate of drug-likeness (QED) is 0.664. The first kappa shape index (κ1) is 16.8. The van der Waals surface area contributed by atoms with Gasteiger partial charge in [0.15, 0.2) is 17.5 Å². The Morgan fingerprint density at radius 3 is 2.33 bits per heavy atom. The summed E-state index contributed by atoms with van der Waals surface area (Å²) in [6.45, 7) is 1.30. The molecule has 1 amide bonds. The Morgan fingerprint density at radius 2 is 1.86 bits per heavy atom. The highest BCUT2D eigenvalue weighted by Crippen LogP contribution is 2.27. The summed E-state index contributed by atoms with van der Waals surface area (Å²) in [6, 6.07) is 3.64. The lowest BCUT2D eigenvalue weighted by Gasteiger charge is -2.17. The highest BCUT2D eigenvalue weighted by Gasteiger charge is 2.24. The van der Waals surface area contributed by atoms with Crippen molar-refractivity contribution < 1.29 is 29.3 Å². The molecule has 0 radical (unpaired) electrons.